The Morgan fingerprint density at radius 3 is 2.36 bits per heavy atom. The molecule has 2 bridgehead atoms. The number of aliphatic hydroxyl groups excluding tert-OH is 3. The fourth-order valence-corrected chi connectivity index (χ4v) is 10.3. The van der Waals surface area contributed by atoms with Crippen molar-refractivity contribution in [2.45, 2.75) is 166 Å². The average Bonchev–Trinajstić information content (AvgIpc) is 3.29. The summed E-state index contributed by atoms with van der Waals surface area (Å²) in [7, 11) is 4.57. The summed E-state index contributed by atoms with van der Waals surface area (Å²) in [6.07, 6.45) is 5.17. The van der Waals surface area contributed by atoms with Gasteiger partial charge in [0.1, 0.15) is 24.0 Å². The minimum atomic E-state index is -2.57. The monoisotopic (exact) mass is 899 g/mol. The van der Waals surface area contributed by atoms with Gasteiger partial charge < -0.3 is 49.0 Å². The van der Waals surface area contributed by atoms with Crippen LogP contribution in [0.25, 0.3) is 0 Å². The lowest BCUT2D eigenvalue weighted by atomic mass is 9.78. The molecule has 1 aromatic rings. The van der Waals surface area contributed by atoms with E-state index in [0.29, 0.717) is 63.4 Å². The first-order valence-corrected chi connectivity index (χ1v) is 23.3. The van der Waals surface area contributed by atoms with Crippen molar-refractivity contribution in [2.75, 3.05) is 34.5 Å². The molecule has 15 heteroatoms. The smallest absolute Gasteiger partial charge is 0.329 e. The second-order valence-corrected chi connectivity index (χ2v) is 18.9. The molecule has 0 unspecified atom stereocenters. The van der Waals surface area contributed by atoms with Crippen LogP contribution in [-0.4, -0.2) is 143 Å². The zero-order chi connectivity index (χ0) is 46.7. The van der Waals surface area contributed by atoms with E-state index >= 15 is 0 Å². The van der Waals surface area contributed by atoms with Gasteiger partial charge in [-0.2, -0.15) is 0 Å². The summed E-state index contributed by atoms with van der Waals surface area (Å²) in [5.41, 5.74) is 2.39. The van der Waals surface area contributed by atoms with Crippen LogP contribution in [0.2, 0.25) is 0 Å². The van der Waals surface area contributed by atoms with Crippen molar-refractivity contribution in [1.82, 2.24) is 9.88 Å². The van der Waals surface area contributed by atoms with E-state index in [2.05, 4.69) is 4.98 Å². The van der Waals surface area contributed by atoms with Crippen LogP contribution in [0.1, 0.15) is 110 Å². The lowest BCUT2D eigenvalue weighted by Crippen LogP contribution is -2.64. The summed E-state index contributed by atoms with van der Waals surface area (Å²) in [5, 5.41) is 44.5. The molecule has 0 aromatic carbocycles. The van der Waals surface area contributed by atoms with Gasteiger partial charge in [0, 0.05) is 82.9 Å². The predicted octanol–water partition coefficient (Wildman–Crippen LogP) is 4.45. The number of hydrogen-bond donors (Lipinski definition) is 4. The van der Waals surface area contributed by atoms with E-state index in [0.717, 1.165) is 16.2 Å². The van der Waals surface area contributed by atoms with E-state index in [1.165, 1.54) is 14.2 Å². The van der Waals surface area contributed by atoms with Crippen LogP contribution in [0.4, 0.5) is 0 Å². The third-order valence-electron chi connectivity index (χ3n) is 14.3. The first-order valence-electron chi connectivity index (χ1n) is 23.3. The van der Waals surface area contributed by atoms with Crippen LogP contribution in [-0.2, 0) is 49.3 Å². The number of rotatable bonds is 10. The van der Waals surface area contributed by atoms with Crippen molar-refractivity contribution in [3.8, 4) is 0 Å². The van der Waals surface area contributed by atoms with Gasteiger partial charge in [-0.25, -0.2) is 4.79 Å². The molecule has 15 nitrogen and oxygen atoms in total. The molecule has 0 spiro atoms. The van der Waals surface area contributed by atoms with E-state index < -0.39 is 90.0 Å². The first-order chi connectivity index (χ1) is 30.5. The second-order valence-electron chi connectivity index (χ2n) is 18.9. The van der Waals surface area contributed by atoms with Gasteiger partial charge >= 0.3 is 5.97 Å². The molecule has 3 aliphatic heterocycles. The lowest BCUT2D eigenvalue weighted by molar-refractivity contribution is -0.303. The van der Waals surface area contributed by atoms with Gasteiger partial charge in [-0.3, -0.25) is 19.4 Å². The van der Waals surface area contributed by atoms with Gasteiger partial charge in [0.05, 0.1) is 30.5 Å². The number of esters is 1. The number of cyclic esters (lactones) is 1. The SMILES string of the molecule is CO[C@H]1C/C(C)=C/[C@@H](CCCc2ccccn2)C(=O)C[C@H](O)[C@@H](C)[C@@H](/C(C)=C/[C@@H]2CC[C@@H](O)[C@H](CO)C2)OC(=O)[C@@H]2CCCCN2C(=O)C(=O)[C@]2(O)O[C@H]([C@@H](OC)C1)[C@@H](OC)C[C@H]2C. The van der Waals surface area contributed by atoms with Gasteiger partial charge in [-0.15, -0.1) is 0 Å². The number of pyridine rings is 1. The highest BCUT2D eigenvalue weighted by Gasteiger charge is 2.56. The second kappa shape index (κ2) is 23.9. The minimum absolute atomic E-state index is 0.0579. The van der Waals surface area contributed by atoms with Crippen molar-refractivity contribution < 1.29 is 63.3 Å². The van der Waals surface area contributed by atoms with Gasteiger partial charge in [-0.1, -0.05) is 37.6 Å². The molecule has 1 aromatic heterocycles. The molecular weight excluding hydrogens is 825 g/mol. The summed E-state index contributed by atoms with van der Waals surface area (Å²) >= 11 is 0. The van der Waals surface area contributed by atoms with Crippen molar-refractivity contribution in [3.63, 3.8) is 0 Å². The quantitative estimate of drug-likeness (QED) is 0.145. The maximum atomic E-state index is 14.5. The predicted molar refractivity (Wildman–Crippen MR) is 236 cm³/mol. The molecule has 64 heavy (non-hydrogen) atoms. The van der Waals surface area contributed by atoms with E-state index in [9.17, 15) is 39.6 Å². The molecule has 5 rings (SSSR count). The summed E-state index contributed by atoms with van der Waals surface area (Å²) in [6, 6.07) is 4.54. The molecule has 358 valence electrons. The number of carbonyl (C=O) groups is 4. The molecule has 4 N–H and O–H groups in total. The standard InChI is InChI=1S/C49H74N2O13/c1-29-21-34(13-12-15-36-14-8-10-19-50-36)41(55)27-40(54)32(4)44(30(2)23-33-17-18-39(53)35(25-33)28-52)63-48(58)38-16-9-11-20-51(38)47(57)46(56)49(59)31(3)24-42(61-6)45(64-49)43(62-7)26-37(22-29)60-5/h8,10,14,19,21,23,31-35,37-40,42-45,52-54,59H,9,11-13,15-18,20,22,24-28H2,1-7H3/b29-21+,30-23+/t31-,32-,33+,34-,35+,37+,38+,39-,40+,42+,43+,44-,45+,49-/m1/s1. The number of amides is 1. The highest BCUT2D eigenvalue weighted by Crippen LogP contribution is 2.39. The van der Waals surface area contributed by atoms with Crippen molar-refractivity contribution in [1.29, 1.82) is 0 Å². The van der Waals surface area contributed by atoms with Crippen molar-refractivity contribution in [3.05, 3.63) is 53.4 Å². The zero-order valence-corrected chi connectivity index (χ0v) is 38.9. The number of aliphatic hydroxyl groups is 4. The Morgan fingerprint density at radius 2 is 1.69 bits per heavy atom. The normalized spacial score (nSPS) is 37.8. The van der Waals surface area contributed by atoms with Crippen LogP contribution in [0, 0.1) is 29.6 Å². The van der Waals surface area contributed by atoms with Crippen molar-refractivity contribution in [2.24, 2.45) is 29.6 Å². The van der Waals surface area contributed by atoms with Crippen LogP contribution in [0.5, 0.6) is 0 Å². The number of fused-ring (bicyclic) bond motifs is 3. The van der Waals surface area contributed by atoms with Gasteiger partial charge in [-0.05, 0) is 108 Å². The van der Waals surface area contributed by atoms with E-state index in [-0.39, 0.29) is 56.5 Å². The lowest BCUT2D eigenvalue weighted by Gasteiger charge is -2.47. The number of aryl methyl sites for hydroxylation is 1. The number of carbonyl (C=O) groups excluding carboxylic acids is 4. The topological polar surface area (TPSA) is 211 Å². The number of ether oxygens (including phenoxy) is 5. The number of nitrogens with zero attached hydrogens (tertiary/aromatic N) is 2. The number of methoxy groups -OCH3 is 3. The van der Waals surface area contributed by atoms with E-state index in [1.54, 1.807) is 34.1 Å². The summed E-state index contributed by atoms with van der Waals surface area (Å²) in [6.45, 7) is 6.94. The average molecular weight is 899 g/mol. The molecule has 0 radical (unpaired) electrons. The summed E-state index contributed by atoms with van der Waals surface area (Å²) in [5.74, 6) is -8.42. The van der Waals surface area contributed by atoms with E-state index in [1.807, 2.05) is 37.3 Å². The number of Topliss-reactive ketones (excluding diaryl/α,β-unsaturated/α-hetero) is 2. The fraction of sp³-hybridized carbons (Fsp3) is 0.735. The molecule has 4 aliphatic rings. The fourth-order valence-electron chi connectivity index (χ4n) is 10.3. The Kier molecular flexibility index (Phi) is 19.2. The van der Waals surface area contributed by atoms with Crippen molar-refractivity contribution >= 4 is 23.4 Å². The largest absolute Gasteiger partial charge is 0.456 e. The third kappa shape index (κ3) is 12.7. The molecule has 1 amide bonds. The Labute approximate surface area is 378 Å². The molecule has 3 fully saturated rings. The van der Waals surface area contributed by atoms with Crippen LogP contribution < -0.4 is 0 Å². The number of aromatic nitrogens is 1. The van der Waals surface area contributed by atoms with Crippen LogP contribution in [0.3, 0.4) is 0 Å². The number of ketones is 2. The Balaban J connectivity index is 1.55. The van der Waals surface area contributed by atoms with Gasteiger partial charge in [0.15, 0.2) is 0 Å². The molecule has 4 heterocycles. The molecule has 14 atom stereocenters. The number of allylic oxidation sites excluding steroid dienone is 2. The zero-order valence-electron chi connectivity index (χ0n) is 38.9. The molecule has 1 saturated carbocycles. The van der Waals surface area contributed by atoms with Crippen LogP contribution in [0.15, 0.2) is 47.7 Å². The maximum Gasteiger partial charge on any atom is 0.329 e. The highest BCUT2D eigenvalue weighted by atomic mass is 16.7. The molecule has 1 aliphatic carbocycles. The highest BCUT2D eigenvalue weighted by molar-refractivity contribution is 6.39. The Hall–Kier alpha value is -3.41. The van der Waals surface area contributed by atoms with E-state index in [4.69, 9.17) is 23.7 Å². The van der Waals surface area contributed by atoms with Gasteiger partial charge in [0.25, 0.3) is 11.7 Å². The number of piperidine rings is 1. The third-order valence-corrected chi connectivity index (χ3v) is 14.3. The Morgan fingerprint density at radius 1 is 0.953 bits per heavy atom. The minimum Gasteiger partial charge on any atom is -0.456 e. The number of hydrogen-bond acceptors (Lipinski definition) is 14. The first kappa shape index (κ1) is 51.6. The molecule has 2 saturated heterocycles. The van der Waals surface area contributed by atoms with Gasteiger partial charge in [0.2, 0.25) is 5.79 Å². The summed E-state index contributed by atoms with van der Waals surface area (Å²) < 4.78 is 30.4. The Bertz CT molecular complexity index is 1770. The molecular formula is C49H74N2O13. The summed E-state index contributed by atoms with van der Waals surface area (Å²) in [4.78, 5) is 63.2. The van der Waals surface area contributed by atoms with Crippen LogP contribution >= 0.6 is 0 Å². The maximum absolute atomic E-state index is 14.5.